The van der Waals surface area contributed by atoms with Gasteiger partial charge in [0.15, 0.2) is 0 Å². The quantitative estimate of drug-likeness (QED) is 0.544. The van der Waals surface area contributed by atoms with E-state index in [-0.39, 0.29) is 11.8 Å². The lowest BCUT2D eigenvalue weighted by Crippen LogP contribution is -2.42. The van der Waals surface area contributed by atoms with Gasteiger partial charge in [-0.1, -0.05) is 43.2 Å². The second kappa shape index (κ2) is 10.6. The first-order valence-electron chi connectivity index (χ1n) is 11.3. The number of hydrogen-bond donors (Lipinski definition) is 2. The zero-order chi connectivity index (χ0) is 21.4. The smallest absolute Gasteiger partial charge is 0.306 e. The molecule has 30 heavy (non-hydrogen) atoms. The zero-order valence-corrected chi connectivity index (χ0v) is 17.8. The summed E-state index contributed by atoms with van der Waals surface area (Å²) in [6.45, 7) is 2.03. The number of hydrogen-bond acceptors (Lipinski definition) is 3. The van der Waals surface area contributed by atoms with E-state index in [1.54, 1.807) is 0 Å². The molecular formula is C24H34N2O4. The van der Waals surface area contributed by atoms with Crippen LogP contribution in [0.2, 0.25) is 0 Å². The summed E-state index contributed by atoms with van der Waals surface area (Å²) >= 11 is 0. The van der Waals surface area contributed by atoms with Gasteiger partial charge in [-0.25, -0.2) is 0 Å². The van der Waals surface area contributed by atoms with Crippen LogP contribution in [0.5, 0.6) is 0 Å². The number of rotatable bonds is 11. The fourth-order valence-corrected chi connectivity index (χ4v) is 4.95. The molecule has 2 amide bonds. The Balaban J connectivity index is 1.52. The summed E-state index contributed by atoms with van der Waals surface area (Å²) in [5.41, 5.74) is 0.563. The van der Waals surface area contributed by atoms with Crippen molar-refractivity contribution in [2.24, 2.45) is 11.3 Å². The molecule has 1 saturated heterocycles. The summed E-state index contributed by atoms with van der Waals surface area (Å²) in [5, 5.41) is 12.9. The number of nitrogens with one attached hydrogen (secondary N) is 1. The van der Waals surface area contributed by atoms with Gasteiger partial charge in [-0.15, -0.1) is 0 Å². The van der Waals surface area contributed by atoms with E-state index in [4.69, 9.17) is 0 Å². The van der Waals surface area contributed by atoms with E-state index in [1.807, 2.05) is 35.2 Å². The van der Waals surface area contributed by atoms with Crippen LogP contribution in [0.3, 0.4) is 0 Å². The number of carbonyl (C=O) groups excluding carboxylic acids is 2. The maximum Gasteiger partial charge on any atom is 0.306 e. The standard InChI is InChI=1S/C24H34N2O4/c27-21-10-6-16-26(21)17-7-15-25-23(30)24(13-4-5-14-24)18-20(22(28)29)12-11-19-8-2-1-3-9-19/h1-3,8-9,20H,4-7,10-18H2,(H,25,30)(H,28,29). The minimum Gasteiger partial charge on any atom is -0.481 e. The van der Waals surface area contributed by atoms with E-state index in [1.165, 1.54) is 0 Å². The maximum atomic E-state index is 13.1. The highest BCUT2D eigenvalue weighted by Gasteiger charge is 2.43. The molecule has 2 aliphatic rings. The van der Waals surface area contributed by atoms with Crippen molar-refractivity contribution in [2.45, 2.75) is 64.2 Å². The summed E-state index contributed by atoms with van der Waals surface area (Å²) in [5.74, 6) is -1.12. The van der Waals surface area contributed by atoms with Gasteiger partial charge in [0.2, 0.25) is 11.8 Å². The van der Waals surface area contributed by atoms with Gasteiger partial charge in [-0.3, -0.25) is 14.4 Å². The lowest BCUT2D eigenvalue weighted by atomic mass is 9.75. The largest absolute Gasteiger partial charge is 0.481 e. The first kappa shape index (κ1) is 22.3. The van der Waals surface area contributed by atoms with Crippen LogP contribution < -0.4 is 5.32 Å². The van der Waals surface area contributed by atoms with Crippen LogP contribution in [-0.2, 0) is 20.8 Å². The minimum atomic E-state index is -0.808. The van der Waals surface area contributed by atoms with Crippen LogP contribution in [0, 0.1) is 11.3 Å². The van der Waals surface area contributed by atoms with Crippen LogP contribution in [0.15, 0.2) is 30.3 Å². The molecule has 1 heterocycles. The van der Waals surface area contributed by atoms with Crippen LogP contribution in [0.4, 0.5) is 0 Å². The number of nitrogens with zero attached hydrogens (tertiary/aromatic N) is 1. The molecule has 2 fully saturated rings. The Labute approximate surface area is 179 Å². The molecule has 1 aliphatic heterocycles. The number of carboxylic acids is 1. The SMILES string of the molecule is O=C(O)C(CCc1ccccc1)CC1(C(=O)NCCCN2CCCC2=O)CCCC1. The molecule has 1 atom stereocenters. The Hall–Kier alpha value is -2.37. The highest BCUT2D eigenvalue weighted by Crippen LogP contribution is 2.44. The van der Waals surface area contributed by atoms with E-state index in [0.29, 0.717) is 38.8 Å². The Morgan fingerprint density at radius 1 is 1.13 bits per heavy atom. The third-order valence-corrected chi connectivity index (χ3v) is 6.71. The lowest BCUT2D eigenvalue weighted by Gasteiger charge is -2.30. The normalized spacial score (nSPS) is 19.1. The van der Waals surface area contributed by atoms with E-state index in [0.717, 1.165) is 50.6 Å². The number of aliphatic carboxylic acids is 1. The molecule has 6 heteroatoms. The Morgan fingerprint density at radius 2 is 1.87 bits per heavy atom. The number of likely N-dealkylation sites (tertiary alicyclic amines) is 1. The summed E-state index contributed by atoms with van der Waals surface area (Å²) < 4.78 is 0. The van der Waals surface area contributed by atoms with E-state index >= 15 is 0 Å². The van der Waals surface area contributed by atoms with Gasteiger partial charge in [-0.2, -0.15) is 0 Å². The first-order valence-corrected chi connectivity index (χ1v) is 11.3. The predicted octanol–water partition coefficient (Wildman–Crippen LogP) is 3.40. The second-order valence-electron chi connectivity index (χ2n) is 8.84. The molecule has 164 valence electrons. The van der Waals surface area contributed by atoms with Crippen molar-refractivity contribution in [1.29, 1.82) is 0 Å². The van der Waals surface area contributed by atoms with Crippen LogP contribution in [-0.4, -0.2) is 47.4 Å². The van der Waals surface area contributed by atoms with Gasteiger partial charge in [0.1, 0.15) is 0 Å². The van der Waals surface area contributed by atoms with Gasteiger partial charge < -0.3 is 15.3 Å². The fourth-order valence-electron chi connectivity index (χ4n) is 4.95. The van der Waals surface area contributed by atoms with Crippen molar-refractivity contribution in [3.63, 3.8) is 0 Å². The van der Waals surface area contributed by atoms with Gasteiger partial charge in [-0.05, 0) is 50.5 Å². The molecule has 3 rings (SSSR count). The zero-order valence-electron chi connectivity index (χ0n) is 17.8. The van der Waals surface area contributed by atoms with Crippen molar-refractivity contribution >= 4 is 17.8 Å². The summed E-state index contributed by atoms with van der Waals surface area (Å²) in [6.07, 6.45) is 7.43. The van der Waals surface area contributed by atoms with Crippen LogP contribution in [0.25, 0.3) is 0 Å². The second-order valence-corrected chi connectivity index (χ2v) is 8.84. The molecule has 1 aliphatic carbocycles. The predicted molar refractivity (Wildman–Crippen MR) is 115 cm³/mol. The summed E-state index contributed by atoms with van der Waals surface area (Å²) in [6, 6.07) is 9.92. The average Bonchev–Trinajstić information content (AvgIpc) is 3.38. The molecular weight excluding hydrogens is 380 g/mol. The molecule has 0 spiro atoms. The third-order valence-electron chi connectivity index (χ3n) is 6.71. The summed E-state index contributed by atoms with van der Waals surface area (Å²) in [4.78, 5) is 38.6. The number of carboxylic acid groups (broad SMARTS) is 1. The molecule has 6 nitrogen and oxygen atoms in total. The van der Waals surface area contributed by atoms with E-state index in [9.17, 15) is 19.5 Å². The molecule has 2 N–H and O–H groups in total. The van der Waals surface area contributed by atoms with Crippen molar-refractivity contribution in [1.82, 2.24) is 10.2 Å². The highest BCUT2D eigenvalue weighted by molar-refractivity contribution is 5.84. The van der Waals surface area contributed by atoms with Gasteiger partial charge >= 0.3 is 5.97 Å². The number of amides is 2. The molecule has 0 bridgehead atoms. The first-order chi connectivity index (χ1) is 14.5. The van der Waals surface area contributed by atoms with Crippen molar-refractivity contribution < 1.29 is 19.5 Å². The monoisotopic (exact) mass is 414 g/mol. The van der Waals surface area contributed by atoms with Gasteiger partial charge in [0.05, 0.1) is 5.92 Å². The molecule has 1 saturated carbocycles. The molecule has 1 aromatic rings. The van der Waals surface area contributed by atoms with E-state index < -0.39 is 17.3 Å². The fraction of sp³-hybridized carbons (Fsp3) is 0.625. The summed E-state index contributed by atoms with van der Waals surface area (Å²) in [7, 11) is 0. The van der Waals surface area contributed by atoms with Gasteiger partial charge in [0, 0.05) is 31.5 Å². The van der Waals surface area contributed by atoms with Crippen LogP contribution in [0.1, 0.15) is 63.4 Å². The highest BCUT2D eigenvalue weighted by atomic mass is 16.4. The lowest BCUT2D eigenvalue weighted by molar-refractivity contribution is -0.144. The topological polar surface area (TPSA) is 86.7 Å². The molecule has 1 aromatic carbocycles. The molecule has 1 unspecified atom stereocenters. The van der Waals surface area contributed by atoms with Crippen molar-refractivity contribution in [3.8, 4) is 0 Å². The Bertz CT molecular complexity index is 728. The minimum absolute atomic E-state index is 0.00119. The van der Waals surface area contributed by atoms with Gasteiger partial charge in [0.25, 0.3) is 0 Å². The van der Waals surface area contributed by atoms with Crippen LogP contribution >= 0.6 is 0 Å². The number of benzene rings is 1. The van der Waals surface area contributed by atoms with Crippen molar-refractivity contribution in [2.75, 3.05) is 19.6 Å². The number of aryl methyl sites for hydroxylation is 1. The Kier molecular flexibility index (Phi) is 7.88. The Morgan fingerprint density at radius 3 is 2.50 bits per heavy atom. The third kappa shape index (κ3) is 5.83. The maximum absolute atomic E-state index is 13.1. The molecule has 0 aromatic heterocycles. The molecule has 0 radical (unpaired) electrons. The van der Waals surface area contributed by atoms with E-state index in [2.05, 4.69) is 5.32 Å². The van der Waals surface area contributed by atoms with Crippen molar-refractivity contribution in [3.05, 3.63) is 35.9 Å². The number of carbonyl (C=O) groups is 3. The average molecular weight is 415 g/mol.